The molecule has 0 N–H and O–H groups in total. The predicted octanol–water partition coefficient (Wildman–Crippen LogP) is 1.95. The van der Waals surface area contributed by atoms with Crippen LogP contribution < -0.4 is 0 Å². The molecule has 1 unspecified atom stereocenters. The van der Waals surface area contributed by atoms with E-state index in [4.69, 9.17) is 4.74 Å². The van der Waals surface area contributed by atoms with Crippen molar-refractivity contribution in [3.05, 3.63) is 0 Å². The number of hydrogen-bond donors (Lipinski definition) is 0. The van der Waals surface area contributed by atoms with Crippen molar-refractivity contribution >= 4 is 11.0 Å². The number of nitrogens with zero attached hydrogens (tertiary/aromatic N) is 1. The molecule has 1 aliphatic heterocycles. The molecule has 1 fully saturated rings. The maximum absolute atomic E-state index is 11.8. The van der Waals surface area contributed by atoms with E-state index in [0.717, 1.165) is 13.1 Å². The van der Waals surface area contributed by atoms with E-state index in [2.05, 4.69) is 4.31 Å². The van der Waals surface area contributed by atoms with Gasteiger partial charge in [-0.15, -0.1) is 0 Å². The molecule has 1 rings (SSSR count). The van der Waals surface area contributed by atoms with Crippen LogP contribution in [0.3, 0.4) is 0 Å². The van der Waals surface area contributed by atoms with Gasteiger partial charge in [-0.25, -0.2) is 8.51 Å². The van der Waals surface area contributed by atoms with Crippen molar-refractivity contribution in [3.63, 3.8) is 0 Å². The van der Waals surface area contributed by atoms with Crippen LogP contribution in [0.15, 0.2) is 0 Å². The Morgan fingerprint density at radius 3 is 2.33 bits per heavy atom. The van der Waals surface area contributed by atoms with Crippen molar-refractivity contribution in [3.8, 4) is 0 Å². The summed E-state index contributed by atoms with van der Waals surface area (Å²) in [6, 6.07) is 0. The Morgan fingerprint density at radius 1 is 1.20 bits per heavy atom. The number of piperidine rings is 1. The summed E-state index contributed by atoms with van der Waals surface area (Å²) < 4.78 is 19.5. The average molecular weight is 233 g/mol. The molecule has 90 valence electrons. The van der Waals surface area contributed by atoms with Crippen LogP contribution in [0.25, 0.3) is 0 Å². The first kappa shape index (κ1) is 13.1. The highest BCUT2D eigenvalue weighted by Gasteiger charge is 2.17. The third-order valence-corrected chi connectivity index (χ3v) is 3.85. The van der Waals surface area contributed by atoms with Gasteiger partial charge in [0.15, 0.2) is 0 Å². The fraction of sp³-hybridized carbons (Fsp3) is 1.00. The van der Waals surface area contributed by atoms with E-state index >= 15 is 0 Å². The fourth-order valence-electron chi connectivity index (χ4n) is 1.62. The van der Waals surface area contributed by atoms with E-state index in [1.165, 1.54) is 19.3 Å². The summed E-state index contributed by atoms with van der Waals surface area (Å²) >= 11 is 0. The van der Waals surface area contributed by atoms with Crippen molar-refractivity contribution in [1.82, 2.24) is 4.31 Å². The Kier molecular flexibility index (Phi) is 5.23. The normalized spacial score (nSPS) is 21.5. The second-order valence-corrected chi connectivity index (χ2v) is 6.54. The molecule has 3 nitrogen and oxygen atoms in total. The molecule has 1 saturated heterocycles. The molecule has 1 heterocycles. The van der Waals surface area contributed by atoms with Gasteiger partial charge in [0, 0.05) is 13.1 Å². The van der Waals surface area contributed by atoms with Crippen LogP contribution in [0.2, 0.25) is 0 Å². The summed E-state index contributed by atoms with van der Waals surface area (Å²) in [4.78, 5) is 0. The lowest BCUT2D eigenvalue weighted by Gasteiger charge is -2.26. The van der Waals surface area contributed by atoms with Crippen LogP contribution in [0, 0.1) is 0 Å². The second-order valence-electron chi connectivity index (χ2n) is 4.98. The molecule has 0 spiro atoms. The van der Waals surface area contributed by atoms with E-state index in [1.807, 2.05) is 20.8 Å². The zero-order valence-electron chi connectivity index (χ0n) is 10.1. The summed E-state index contributed by atoms with van der Waals surface area (Å²) in [5.74, 6) is 0.636. The minimum absolute atomic E-state index is 0.119. The highest BCUT2D eigenvalue weighted by atomic mass is 32.2. The maximum atomic E-state index is 11.8. The van der Waals surface area contributed by atoms with Crippen molar-refractivity contribution in [2.75, 3.05) is 25.4 Å². The lowest BCUT2D eigenvalue weighted by Crippen LogP contribution is -2.34. The summed E-state index contributed by atoms with van der Waals surface area (Å²) in [6.07, 6.45) is 3.66. The van der Waals surface area contributed by atoms with Gasteiger partial charge in [-0.3, -0.25) is 0 Å². The Morgan fingerprint density at radius 2 is 1.80 bits per heavy atom. The Balaban J connectivity index is 2.17. The first-order valence-corrected chi connectivity index (χ1v) is 7.04. The second kappa shape index (κ2) is 5.97. The molecule has 0 aliphatic carbocycles. The smallest absolute Gasteiger partial charge is 0.0966 e. The maximum Gasteiger partial charge on any atom is 0.0966 e. The Hall–Kier alpha value is 0.0700. The zero-order valence-corrected chi connectivity index (χ0v) is 10.9. The molecule has 0 radical (unpaired) electrons. The summed E-state index contributed by atoms with van der Waals surface area (Å²) in [7, 11) is -0.833. The molecule has 1 atom stereocenters. The van der Waals surface area contributed by atoms with Gasteiger partial charge in [0.2, 0.25) is 0 Å². The van der Waals surface area contributed by atoms with Crippen molar-refractivity contribution in [2.24, 2.45) is 0 Å². The zero-order chi connectivity index (χ0) is 11.3. The lowest BCUT2D eigenvalue weighted by molar-refractivity contribution is 0.00642. The predicted molar refractivity (Wildman–Crippen MR) is 64.1 cm³/mol. The quantitative estimate of drug-likeness (QED) is 0.743. The number of rotatable bonds is 4. The highest BCUT2D eigenvalue weighted by Crippen LogP contribution is 2.12. The standard InChI is InChI=1S/C11H23NO2S/c1-11(2,3)14-9-10-15(13)12-7-5-4-6-8-12/h4-10H2,1-3H3. The summed E-state index contributed by atoms with van der Waals surface area (Å²) in [5, 5.41) is 0. The van der Waals surface area contributed by atoms with Crippen LogP contribution >= 0.6 is 0 Å². The molecule has 15 heavy (non-hydrogen) atoms. The van der Waals surface area contributed by atoms with Crippen LogP contribution in [-0.4, -0.2) is 39.6 Å². The molecular formula is C11H23NO2S. The monoisotopic (exact) mass is 233 g/mol. The van der Waals surface area contributed by atoms with E-state index in [0.29, 0.717) is 12.4 Å². The fourth-order valence-corrected chi connectivity index (χ4v) is 2.77. The Bertz CT molecular complexity index is 207. The molecule has 0 bridgehead atoms. The average Bonchev–Trinajstić information content (AvgIpc) is 2.17. The van der Waals surface area contributed by atoms with Gasteiger partial charge >= 0.3 is 0 Å². The number of hydrogen-bond acceptors (Lipinski definition) is 2. The lowest BCUT2D eigenvalue weighted by atomic mass is 10.2. The minimum atomic E-state index is -0.833. The molecule has 0 aromatic carbocycles. The van der Waals surface area contributed by atoms with E-state index in [9.17, 15) is 4.21 Å². The molecule has 0 aromatic rings. The summed E-state index contributed by atoms with van der Waals surface area (Å²) in [5.41, 5.74) is -0.119. The minimum Gasteiger partial charge on any atom is -0.375 e. The van der Waals surface area contributed by atoms with Crippen LogP contribution in [0.1, 0.15) is 40.0 Å². The first-order chi connectivity index (χ1) is 6.99. The van der Waals surface area contributed by atoms with Crippen LogP contribution in [0.4, 0.5) is 0 Å². The summed E-state index contributed by atoms with van der Waals surface area (Å²) in [6.45, 7) is 8.64. The van der Waals surface area contributed by atoms with E-state index < -0.39 is 11.0 Å². The molecule has 0 saturated carbocycles. The largest absolute Gasteiger partial charge is 0.375 e. The van der Waals surface area contributed by atoms with Gasteiger partial charge in [-0.05, 0) is 33.6 Å². The van der Waals surface area contributed by atoms with Gasteiger partial charge in [0.05, 0.1) is 28.9 Å². The van der Waals surface area contributed by atoms with Gasteiger partial charge in [0.25, 0.3) is 0 Å². The molecule has 0 aromatic heterocycles. The first-order valence-electron chi connectivity index (χ1n) is 5.76. The van der Waals surface area contributed by atoms with Gasteiger partial charge in [-0.2, -0.15) is 0 Å². The van der Waals surface area contributed by atoms with Gasteiger partial charge in [0.1, 0.15) is 0 Å². The molecule has 1 aliphatic rings. The van der Waals surface area contributed by atoms with Crippen molar-refractivity contribution in [2.45, 2.75) is 45.6 Å². The topological polar surface area (TPSA) is 29.5 Å². The molecular weight excluding hydrogens is 210 g/mol. The highest BCUT2D eigenvalue weighted by molar-refractivity contribution is 7.82. The number of ether oxygens (including phenoxy) is 1. The van der Waals surface area contributed by atoms with Gasteiger partial charge < -0.3 is 4.74 Å². The molecule has 4 heteroatoms. The third kappa shape index (κ3) is 5.64. The van der Waals surface area contributed by atoms with Crippen molar-refractivity contribution < 1.29 is 8.95 Å². The van der Waals surface area contributed by atoms with E-state index in [1.54, 1.807) is 0 Å². The van der Waals surface area contributed by atoms with E-state index in [-0.39, 0.29) is 5.60 Å². The Labute approximate surface area is 95.8 Å². The van der Waals surface area contributed by atoms with Crippen LogP contribution in [0.5, 0.6) is 0 Å². The third-order valence-electron chi connectivity index (χ3n) is 2.40. The van der Waals surface area contributed by atoms with Gasteiger partial charge in [-0.1, -0.05) is 6.42 Å². The SMILES string of the molecule is CC(C)(C)OCCS(=O)N1CCCCC1. The molecule has 0 amide bonds. The van der Waals surface area contributed by atoms with Crippen LogP contribution in [-0.2, 0) is 15.7 Å². The van der Waals surface area contributed by atoms with Crippen molar-refractivity contribution in [1.29, 1.82) is 0 Å².